The largest absolute Gasteiger partial charge is 0.383 e. The molecule has 0 saturated carbocycles. The first kappa shape index (κ1) is 16.1. The van der Waals surface area contributed by atoms with E-state index in [9.17, 15) is 0 Å². The Morgan fingerprint density at radius 3 is 2.38 bits per heavy atom. The second-order valence-electron chi connectivity index (χ2n) is 6.94. The van der Waals surface area contributed by atoms with E-state index in [-0.39, 0.29) is 0 Å². The van der Waals surface area contributed by atoms with Crippen LogP contribution < -0.4 is 10.6 Å². The normalized spacial score (nSPS) is 16.7. The molecule has 0 radical (unpaired) electrons. The summed E-state index contributed by atoms with van der Waals surface area (Å²) in [5.74, 6) is 2.98. The van der Waals surface area contributed by atoms with Gasteiger partial charge in [0, 0.05) is 24.3 Å². The van der Waals surface area contributed by atoms with E-state index in [1.165, 1.54) is 19.3 Å². The van der Waals surface area contributed by atoms with E-state index in [2.05, 4.69) is 42.6 Å². The minimum absolute atomic E-state index is 0.682. The molecule has 4 heteroatoms. The number of nitrogens with two attached hydrogens (primary N) is 1. The second kappa shape index (κ2) is 7.10. The molecule has 21 heavy (non-hydrogen) atoms. The van der Waals surface area contributed by atoms with E-state index < -0.39 is 0 Å². The fourth-order valence-corrected chi connectivity index (χ4v) is 3.28. The van der Waals surface area contributed by atoms with Crippen LogP contribution >= 0.6 is 0 Å². The first-order chi connectivity index (χ1) is 9.97. The summed E-state index contributed by atoms with van der Waals surface area (Å²) in [7, 11) is 0. The Balaban J connectivity index is 2.03. The monoisotopic (exact) mass is 290 g/mol. The quantitative estimate of drug-likeness (QED) is 0.870. The second-order valence-corrected chi connectivity index (χ2v) is 6.94. The van der Waals surface area contributed by atoms with Crippen molar-refractivity contribution < 1.29 is 0 Å². The van der Waals surface area contributed by atoms with Crippen LogP contribution in [0.1, 0.15) is 57.7 Å². The smallest absolute Gasteiger partial charge is 0.227 e. The molecule has 1 fully saturated rings. The number of aromatic nitrogens is 2. The van der Waals surface area contributed by atoms with Crippen LogP contribution in [-0.4, -0.2) is 23.1 Å². The Bertz CT molecular complexity index is 441. The molecular weight excluding hydrogens is 260 g/mol. The summed E-state index contributed by atoms with van der Waals surface area (Å²) >= 11 is 0. The highest BCUT2D eigenvalue weighted by molar-refractivity contribution is 5.48. The van der Waals surface area contributed by atoms with Crippen molar-refractivity contribution in [1.82, 2.24) is 9.97 Å². The van der Waals surface area contributed by atoms with Gasteiger partial charge in [0.25, 0.3) is 0 Å². The molecule has 1 aromatic rings. The van der Waals surface area contributed by atoms with Gasteiger partial charge in [-0.15, -0.1) is 0 Å². The van der Waals surface area contributed by atoms with Gasteiger partial charge in [-0.1, -0.05) is 20.8 Å². The van der Waals surface area contributed by atoms with Crippen LogP contribution in [0, 0.1) is 18.8 Å². The molecule has 0 amide bonds. The number of anilines is 2. The fraction of sp³-hybridized carbons (Fsp3) is 0.765. The minimum Gasteiger partial charge on any atom is -0.383 e. The van der Waals surface area contributed by atoms with Crippen LogP contribution in [0.5, 0.6) is 0 Å². The van der Waals surface area contributed by atoms with E-state index in [1.807, 2.05) is 0 Å². The number of hydrogen-bond donors (Lipinski definition) is 1. The van der Waals surface area contributed by atoms with Gasteiger partial charge in [0.15, 0.2) is 0 Å². The molecule has 0 aliphatic carbocycles. The molecular formula is C17H30N4. The van der Waals surface area contributed by atoms with Crippen molar-refractivity contribution in [2.45, 2.75) is 59.8 Å². The topological polar surface area (TPSA) is 55.0 Å². The summed E-state index contributed by atoms with van der Waals surface area (Å²) in [4.78, 5) is 11.5. The van der Waals surface area contributed by atoms with Crippen molar-refractivity contribution in [3.63, 3.8) is 0 Å². The summed E-state index contributed by atoms with van der Waals surface area (Å²) in [6, 6.07) is 0. The standard InChI is InChI=1S/C17H30N4/c1-12(2)11-13(3)7-8-15-14(4)19-17(20-16(15)18)21-9-5-6-10-21/h12-13H,5-11H2,1-4H3,(H2,18,19,20). The Kier molecular flexibility index (Phi) is 5.43. The van der Waals surface area contributed by atoms with Crippen molar-refractivity contribution in [2.75, 3.05) is 23.7 Å². The molecule has 4 nitrogen and oxygen atoms in total. The van der Waals surface area contributed by atoms with Gasteiger partial charge in [-0.2, -0.15) is 4.98 Å². The van der Waals surface area contributed by atoms with Crippen LogP contribution in [0.25, 0.3) is 0 Å². The van der Waals surface area contributed by atoms with Crippen molar-refractivity contribution in [2.24, 2.45) is 11.8 Å². The molecule has 0 spiro atoms. The van der Waals surface area contributed by atoms with Gasteiger partial charge in [-0.05, 0) is 50.9 Å². The third kappa shape index (κ3) is 4.32. The lowest BCUT2D eigenvalue weighted by Crippen LogP contribution is -2.22. The predicted octanol–water partition coefficient (Wildman–Crippen LogP) is 3.58. The molecule has 1 atom stereocenters. The first-order valence-electron chi connectivity index (χ1n) is 8.35. The van der Waals surface area contributed by atoms with Crippen molar-refractivity contribution in [3.05, 3.63) is 11.3 Å². The maximum absolute atomic E-state index is 6.20. The lowest BCUT2D eigenvalue weighted by molar-refractivity contribution is 0.415. The van der Waals surface area contributed by atoms with Gasteiger partial charge >= 0.3 is 0 Å². The third-order valence-electron chi connectivity index (χ3n) is 4.38. The highest BCUT2D eigenvalue weighted by atomic mass is 15.3. The van der Waals surface area contributed by atoms with E-state index >= 15 is 0 Å². The lowest BCUT2D eigenvalue weighted by atomic mass is 9.93. The molecule has 2 heterocycles. The van der Waals surface area contributed by atoms with E-state index in [0.717, 1.165) is 55.0 Å². The Hall–Kier alpha value is -1.32. The maximum Gasteiger partial charge on any atom is 0.227 e. The predicted molar refractivity (Wildman–Crippen MR) is 89.6 cm³/mol. The Morgan fingerprint density at radius 1 is 1.14 bits per heavy atom. The van der Waals surface area contributed by atoms with Gasteiger partial charge in [0.2, 0.25) is 5.95 Å². The van der Waals surface area contributed by atoms with Crippen LogP contribution in [-0.2, 0) is 6.42 Å². The summed E-state index contributed by atoms with van der Waals surface area (Å²) in [5.41, 5.74) is 8.40. The highest BCUT2D eigenvalue weighted by Gasteiger charge is 2.18. The number of rotatable bonds is 6. The van der Waals surface area contributed by atoms with Gasteiger partial charge in [0.1, 0.15) is 5.82 Å². The lowest BCUT2D eigenvalue weighted by Gasteiger charge is -2.19. The van der Waals surface area contributed by atoms with Gasteiger partial charge in [-0.3, -0.25) is 0 Å². The molecule has 2 rings (SSSR count). The van der Waals surface area contributed by atoms with Gasteiger partial charge in [-0.25, -0.2) is 4.98 Å². The number of aryl methyl sites for hydroxylation is 1. The molecule has 0 aromatic carbocycles. The Labute approximate surface area is 129 Å². The molecule has 1 aliphatic rings. The van der Waals surface area contributed by atoms with Crippen molar-refractivity contribution in [3.8, 4) is 0 Å². The molecule has 1 saturated heterocycles. The number of nitrogens with zero attached hydrogens (tertiary/aromatic N) is 3. The average Bonchev–Trinajstić information content (AvgIpc) is 2.90. The van der Waals surface area contributed by atoms with Gasteiger partial charge in [0.05, 0.1) is 0 Å². The van der Waals surface area contributed by atoms with Crippen LogP contribution in [0.4, 0.5) is 11.8 Å². The molecule has 1 aliphatic heterocycles. The fourth-order valence-electron chi connectivity index (χ4n) is 3.28. The summed E-state index contributed by atoms with van der Waals surface area (Å²) in [5, 5.41) is 0. The zero-order valence-corrected chi connectivity index (χ0v) is 14.0. The van der Waals surface area contributed by atoms with Gasteiger partial charge < -0.3 is 10.6 Å². The molecule has 0 bridgehead atoms. The summed E-state index contributed by atoms with van der Waals surface area (Å²) in [6.45, 7) is 11.1. The van der Waals surface area contributed by atoms with E-state index in [0.29, 0.717) is 5.82 Å². The summed E-state index contributed by atoms with van der Waals surface area (Å²) in [6.07, 6.45) is 5.89. The highest BCUT2D eigenvalue weighted by Crippen LogP contribution is 2.24. The zero-order chi connectivity index (χ0) is 15.4. The SMILES string of the molecule is Cc1nc(N2CCCC2)nc(N)c1CCC(C)CC(C)C. The van der Waals surface area contributed by atoms with E-state index in [1.54, 1.807) is 0 Å². The first-order valence-corrected chi connectivity index (χ1v) is 8.35. The zero-order valence-electron chi connectivity index (χ0n) is 14.0. The Morgan fingerprint density at radius 2 is 1.81 bits per heavy atom. The average molecular weight is 290 g/mol. The maximum atomic E-state index is 6.20. The van der Waals surface area contributed by atoms with E-state index in [4.69, 9.17) is 5.73 Å². The molecule has 1 unspecified atom stereocenters. The van der Waals surface area contributed by atoms with Crippen molar-refractivity contribution >= 4 is 11.8 Å². The molecule has 2 N–H and O–H groups in total. The molecule has 1 aromatic heterocycles. The number of hydrogen-bond acceptors (Lipinski definition) is 4. The van der Waals surface area contributed by atoms with Crippen LogP contribution in [0.2, 0.25) is 0 Å². The van der Waals surface area contributed by atoms with Crippen molar-refractivity contribution in [1.29, 1.82) is 0 Å². The minimum atomic E-state index is 0.682. The number of nitrogen functional groups attached to an aromatic ring is 1. The van der Waals surface area contributed by atoms with Crippen LogP contribution in [0.3, 0.4) is 0 Å². The molecule has 118 valence electrons. The third-order valence-corrected chi connectivity index (χ3v) is 4.38. The summed E-state index contributed by atoms with van der Waals surface area (Å²) < 4.78 is 0. The van der Waals surface area contributed by atoms with Crippen LogP contribution in [0.15, 0.2) is 0 Å².